The number of hydrogen-bond donors (Lipinski definition) is 2. The Bertz CT molecular complexity index is 464. The summed E-state index contributed by atoms with van der Waals surface area (Å²) in [6, 6.07) is 3.68. The van der Waals surface area contributed by atoms with E-state index in [1.165, 1.54) is 0 Å². The van der Waals surface area contributed by atoms with Crippen LogP contribution in [0.25, 0.3) is 10.1 Å². The van der Waals surface area contributed by atoms with Crippen LogP contribution in [0.4, 0.5) is 5.69 Å². The Morgan fingerprint density at radius 2 is 2.36 bits per heavy atom. The monoisotopic (exact) mass is 209 g/mol. The van der Waals surface area contributed by atoms with Gasteiger partial charge < -0.3 is 15.6 Å². The van der Waals surface area contributed by atoms with Crippen LogP contribution >= 0.6 is 11.3 Å². The molecule has 2 rings (SSSR count). The highest BCUT2D eigenvalue weighted by Crippen LogP contribution is 2.41. The summed E-state index contributed by atoms with van der Waals surface area (Å²) in [5.74, 6) is 0.529. The van der Waals surface area contributed by atoms with Crippen LogP contribution in [-0.2, 0) is 0 Å². The molecule has 74 valence electrons. The van der Waals surface area contributed by atoms with E-state index in [0.29, 0.717) is 18.0 Å². The van der Waals surface area contributed by atoms with Gasteiger partial charge in [0.1, 0.15) is 0 Å². The van der Waals surface area contributed by atoms with Crippen LogP contribution < -0.4 is 10.5 Å². The SMILES string of the molecule is CCOc1c(N)cc2sccc2c1O. The van der Waals surface area contributed by atoms with E-state index >= 15 is 0 Å². The summed E-state index contributed by atoms with van der Waals surface area (Å²) >= 11 is 1.55. The molecular formula is C10H11NO2S. The van der Waals surface area contributed by atoms with Crippen molar-refractivity contribution < 1.29 is 9.84 Å². The molecule has 0 radical (unpaired) electrons. The average Bonchev–Trinajstić information content (AvgIpc) is 2.60. The van der Waals surface area contributed by atoms with E-state index in [-0.39, 0.29) is 5.75 Å². The zero-order valence-electron chi connectivity index (χ0n) is 7.78. The Labute approximate surface area is 85.7 Å². The lowest BCUT2D eigenvalue weighted by Crippen LogP contribution is -1.96. The molecule has 0 aliphatic carbocycles. The van der Waals surface area contributed by atoms with Crippen LogP contribution in [0.2, 0.25) is 0 Å². The normalized spacial score (nSPS) is 10.6. The first kappa shape index (κ1) is 9.15. The number of ether oxygens (including phenoxy) is 1. The molecule has 0 saturated carbocycles. The highest BCUT2D eigenvalue weighted by atomic mass is 32.1. The smallest absolute Gasteiger partial charge is 0.184 e. The van der Waals surface area contributed by atoms with Crippen molar-refractivity contribution in [3.8, 4) is 11.5 Å². The number of phenols is 1. The molecule has 0 amide bonds. The number of phenolic OH excluding ortho intramolecular Hbond substituents is 1. The summed E-state index contributed by atoms with van der Waals surface area (Å²) in [7, 11) is 0. The molecule has 3 nitrogen and oxygen atoms in total. The van der Waals surface area contributed by atoms with Gasteiger partial charge in [0.15, 0.2) is 11.5 Å². The van der Waals surface area contributed by atoms with E-state index in [0.717, 1.165) is 10.1 Å². The van der Waals surface area contributed by atoms with Gasteiger partial charge in [-0.15, -0.1) is 11.3 Å². The molecule has 4 heteroatoms. The Balaban J connectivity index is 2.69. The topological polar surface area (TPSA) is 55.5 Å². The molecule has 1 aromatic heterocycles. The van der Waals surface area contributed by atoms with Gasteiger partial charge in [-0.3, -0.25) is 0 Å². The first-order chi connectivity index (χ1) is 6.74. The summed E-state index contributed by atoms with van der Waals surface area (Å²) in [6.45, 7) is 2.35. The molecule has 0 bridgehead atoms. The number of benzene rings is 1. The van der Waals surface area contributed by atoms with Crippen molar-refractivity contribution in [1.82, 2.24) is 0 Å². The first-order valence-corrected chi connectivity index (χ1v) is 5.23. The Kier molecular flexibility index (Phi) is 2.21. The zero-order valence-corrected chi connectivity index (χ0v) is 8.60. The van der Waals surface area contributed by atoms with Gasteiger partial charge in [0.05, 0.1) is 12.3 Å². The van der Waals surface area contributed by atoms with Crippen LogP contribution in [0.3, 0.4) is 0 Å². The molecule has 0 atom stereocenters. The lowest BCUT2D eigenvalue weighted by Gasteiger charge is -2.09. The van der Waals surface area contributed by atoms with E-state index in [9.17, 15) is 5.11 Å². The third-order valence-electron chi connectivity index (χ3n) is 2.00. The predicted octanol–water partition coefficient (Wildman–Crippen LogP) is 2.59. The molecule has 0 aliphatic rings. The molecule has 0 saturated heterocycles. The summed E-state index contributed by atoms with van der Waals surface area (Å²) in [4.78, 5) is 0. The molecule has 3 N–H and O–H groups in total. The highest BCUT2D eigenvalue weighted by molar-refractivity contribution is 7.17. The highest BCUT2D eigenvalue weighted by Gasteiger charge is 2.12. The van der Waals surface area contributed by atoms with Gasteiger partial charge in [-0.25, -0.2) is 0 Å². The van der Waals surface area contributed by atoms with Crippen LogP contribution in [0.15, 0.2) is 17.5 Å². The maximum Gasteiger partial charge on any atom is 0.184 e. The number of thiophene rings is 1. The lowest BCUT2D eigenvalue weighted by molar-refractivity contribution is 0.322. The largest absolute Gasteiger partial charge is 0.504 e. The summed E-state index contributed by atoms with van der Waals surface area (Å²) in [5, 5.41) is 12.6. The van der Waals surface area contributed by atoms with E-state index in [2.05, 4.69) is 0 Å². The van der Waals surface area contributed by atoms with Crippen molar-refractivity contribution in [1.29, 1.82) is 0 Å². The van der Waals surface area contributed by atoms with Crippen LogP contribution in [-0.4, -0.2) is 11.7 Å². The van der Waals surface area contributed by atoms with Gasteiger partial charge >= 0.3 is 0 Å². The first-order valence-electron chi connectivity index (χ1n) is 4.35. The molecule has 0 aliphatic heterocycles. The molecule has 1 aromatic carbocycles. The third kappa shape index (κ3) is 1.28. The van der Waals surface area contributed by atoms with E-state index in [4.69, 9.17) is 10.5 Å². The minimum atomic E-state index is 0.142. The van der Waals surface area contributed by atoms with Crippen LogP contribution in [0.1, 0.15) is 6.92 Å². The minimum Gasteiger partial charge on any atom is -0.504 e. The molecular weight excluding hydrogens is 198 g/mol. The summed E-state index contributed by atoms with van der Waals surface area (Å²) < 4.78 is 6.25. The second-order valence-electron chi connectivity index (χ2n) is 2.91. The molecule has 0 spiro atoms. The fourth-order valence-electron chi connectivity index (χ4n) is 1.39. The summed E-state index contributed by atoms with van der Waals surface area (Å²) in [5.41, 5.74) is 6.24. The zero-order chi connectivity index (χ0) is 10.1. The van der Waals surface area contributed by atoms with Crippen LogP contribution in [0.5, 0.6) is 11.5 Å². The number of nitrogen functional groups attached to an aromatic ring is 1. The second-order valence-corrected chi connectivity index (χ2v) is 3.86. The van der Waals surface area contributed by atoms with Gasteiger partial charge in [-0.05, 0) is 24.4 Å². The number of aromatic hydroxyl groups is 1. The standard InChI is InChI=1S/C10H11NO2S/c1-2-13-10-7(11)5-8-6(9(10)12)3-4-14-8/h3-5,12H,2,11H2,1H3. The van der Waals surface area contributed by atoms with Gasteiger partial charge in [-0.1, -0.05) is 0 Å². The number of nitrogens with two attached hydrogens (primary N) is 1. The van der Waals surface area contributed by atoms with Crippen molar-refractivity contribution in [2.75, 3.05) is 12.3 Å². The maximum absolute atomic E-state index is 9.85. The molecule has 2 aromatic rings. The van der Waals surface area contributed by atoms with Crippen molar-refractivity contribution in [2.45, 2.75) is 6.92 Å². The van der Waals surface area contributed by atoms with E-state index in [1.807, 2.05) is 24.4 Å². The number of rotatable bonds is 2. The fraction of sp³-hybridized carbons (Fsp3) is 0.200. The number of hydrogen-bond acceptors (Lipinski definition) is 4. The number of fused-ring (bicyclic) bond motifs is 1. The van der Waals surface area contributed by atoms with E-state index < -0.39 is 0 Å². The quantitative estimate of drug-likeness (QED) is 0.747. The Morgan fingerprint density at radius 3 is 3.07 bits per heavy atom. The Morgan fingerprint density at radius 1 is 1.57 bits per heavy atom. The average molecular weight is 209 g/mol. The second kappa shape index (κ2) is 3.38. The van der Waals surface area contributed by atoms with E-state index in [1.54, 1.807) is 11.3 Å². The molecule has 0 fully saturated rings. The fourth-order valence-corrected chi connectivity index (χ4v) is 2.23. The number of anilines is 1. The van der Waals surface area contributed by atoms with Gasteiger partial charge in [-0.2, -0.15) is 0 Å². The summed E-state index contributed by atoms with van der Waals surface area (Å²) in [6.07, 6.45) is 0. The predicted molar refractivity (Wildman–Crippen MR) is 59.1 cm³/mol. The molecule has 0 unspecified atom stereocenters. The van der Waals surface area contributed by atoms with Crippen molar-refractivity contribution in [3.63, 3.8) is 0 Å². The van der Waals surface area contributed by atoms with Crippen molar-refractivity contribution in [2.24, 2.45) is 0 Å². The van der Waals surface area contributed by atoms with Gasteiger partial charge in [0, 0.05) is 10.1 Å². The van der Waals surface area contributed by atoms with Gasteiger partial charge in [0.2, 0.25) is 0 Å². The van der Waals surface area contributed by atoms with Crippen molar-refractivity contribution in [3.05, 3.63) is 17.5 Å². The molecule has 1 heterocycles. The minimum absolute atomic E-state index is 0.142. The third-order valence-corrected chi connectivity index (χ3v) is 2.87. The lowest BCUT2D eigenvalue weighted by atomic mass is 10.2. The van der Waals surface area contributed by atoms with Gasteiger partial charge in [0.25, 0.3) is 0 Å². The van der Waals surface area contributed by atoms with Crippen LogP contribution in [0, 0.1) is 0 Å². The Hall–Kier alpha value is -1.42. The molecule has 14 heavy (non-hydrogen) atoms. The van der Waals surface area contributed by atoms with Crippen molar-refractivity contribution >= 4 is 27.1 Å². The maximum atomic E-state index is 9.85.